The Morgan fingerprint density at radius 1 is 1.36 bits per heavy atom. The first-order chi connectivity index (χ1) is 5.09. The summed E-state index contributed by atoms with van der Waals surface area (Å²) in [7, 11) is 0. The smallest absolute Gasteiger partial charge is 0.0260 e. The second kappa shape index (κ2) is 9.48. The molecule has 0 atom stereocenters. The van der Waals surface area contributed by atoms with Crippen molar-refractivity contribution in [3.05, 3.63) is 24.3 Å². The van der Waals surface area contributed by atoms with Crippen LogP contribution in [0.1, 0.15) is 41.0 Å². The highest BCUT2D eigenvalue weighted by atomic mass is 14.0. The minimum absolute atomic E-state index is 0.660. The fourth-order valence-corrected chi connectivity index (χ4v) is 0.378. The van der Waals surface area contributed by atoms with Crippen molar-refractivity contribution in [1.29, 1.82) is 0 Å². The Labute approximate surface area is 72.0 Å². The zero-order valence-corrected chi connectivity index (χ0v) is 8.65. The molecule has 0 aromatic rings. The molecule has 0 saturated heterocycles. The van der Waals surface area contributed by atoms with E-state index < -0.39 is 0 Å². The molecular formula is C11H22. The summed E-state index contributed by atoms with van der Waals surface area (Å²) in [5.74, 6) is 0.660. The SMILES string of the molecule is C=C/C=C(\C)C(C)C.CCC. The van der Waals surface area contributed by atoms with E-state index in [0.717, 1.165) is 0 Å². The van der Waals surface area contributed by atoms with Gasteiger partial charge in [0.05, 0.1) is 0 Å². The summed E-state index contributed by atoms with van der Waals surface area (Å²) in [6.07, 6.45) is 5.12. The molecule has 66 valence electrons. The van der Waals surface area contributed by atoms with E-state index in [1.54, 1.807) is 0 Å². The summed E-state index contributed by atoms with van der Waals surface area (Å²) >= 11 is 0. The number of hydrogen-bond acceptors (Lipinski definition) is 0. The van der Waals surface area contributed by atoms with E-state index in [1.807, 2.05) is 12.2 Å². The molecule has 0 rings (SSSR count). The molecule has 0 bridgehead atoms. The lowest BCUT2D eigenvalue weighted by molar-refractivity contribution is 0.769. The Balaban J connectivity index is 0. The van der Waals surface area contributed by atoms with E-state index in [1.165, 1.54) is 12.0 Å². The van der Waals surface area contributed by atoms with E-state index in [0.29, 0.717) is 5.92 Å². The van der Waals surface area contributed by atoms with Crippen LogP contribution in [0.5, 0.6) is 0 Å². The van der Waals surface area contributed by atoms with Crippen LogP contribution in [-0.4, -0.2) is 0 Å². The molecular weight excluding hydrogens is 132 g/mol. The Bertz CT molecular complexity index is 107. The molecule has 0 heterocycles. The molecule has 0 aromatic heterocycles. The third-order valence-electron chi connectivity index (χ3n) is 1.29. The number of hydrogen-bond donors (Lipinski definition) is 0. The van der Waals surface area contributed by atoms with Gasteiger partial charge in [-0.3, -0.25) is 0 Å². The summed E-state index contributed by atoms with van der Waals surface area (Å²) < 4.78 is 0. The second-order valence-electron chi connectivity index (χ2n) is 3.01. The third-order valence-corrected chi connectivity index (χ3v) is 1.29. The number of rotatable bonds is 2. The predicted octanol–water partition coefficient (Wildman–Crippen LogP) is 4.19. The summed E-state index contributed by atoms with van der Waals surface area (Å²) in [5.41, 5.74) is 1.39. The van der Waals surface area contributed by atoms with Crippen molar-refractivity contribution in [2.75, 3.05) is 0 Å². The van der Waals surface area contributed by atoms with Crippen LogP contribution in [0, 0.1) is 5.92 Å². The van der Waals surface area contributed by atoms with Gasteiger partial charge in [-0.05, 0) is 12.8 Å². The lowest BCUT2D eigenvalue weighted by Crippen LogP contribution is -1.86. The fourth-order valence-electron chi connectivity index (χ4n) is 0.378. The monoisotopic (exact) mass is 154 g/mol. The molecule has 0 aliphatic carbocycles. The van der Waals surface area contributed by atoms with Gasteiger partial charge < -0.3 is 0 Å². The van der Waals surface area contributed by atoms with Crippen molar-refractivity contribution < 1.29 is 0 Å². The maximum atomic E-state index is 3.61. The van der Waals surface area contributed by atoms with Crippen molar-refractivity contribution in [3.8, 4) is 0 Å². The van der Waals surface area contributed by atoms with Gasteiger partial charge in [0.15, 0.2) is 0 Å². The molecule has 0 N–H and O–H groups in total. The van der Waals surface area contributed by atoms with Gasteiger partial charge in [0, 0.05) is 0 Å². The van der Waals surface area contributed by atoms with E-state index in [-0.39, 0.29) is 0 Å². The van der Waals surface area contributed by atoms with Crippen LogP contribution in [0.3, 0.4) is 0 Å². The van der Waals surface area contributed by atoms with E-state index in [4.69, 9.17) is 0 Å². The Hall–Kier alpha value is -0.520. The van der Waals surface area contributed by atoms with Gasteiger partial charge >= 0.3 is 0 Å². The molecule has 0 unspecified atom stereocenters. The van der Waals surface area contributed by atoms with Crippen LogP contribution in [0.25, 0.3) is 0 Å². The lowest BCUT2D eigenvalue weighted by atomic mass is 10.1. The van der Waals surface area contributed by atoms with Gasteiger partial charge in [0.1, 0.15) is 0 Å². The standard InChI is InChI=1S/C8H14.C3H8/c1-5-6-8(4)7(2)3;1-3-2/h5-7H,1H2,2-4H3;3H2,1-2H3/b8-6+;. The Morgan fingerprint density at radius 2 is 1.73 bits per heavy atom. The fraction of sp³-hybridized carbons (Fsp3) is 0.636. The molecule has 0 fully saturated rings. The van der Waals surface area contributed by atoms with Gasteiger partial charge in [-0.2, -0.15) is 0 Å². The number of allylic oxidation sites excluding steroid dienone is 3. The average Bonchev–Trinajstić information content (AvgIpc) is 1.90. The van der Waals surface area contributed by atoms with Gasteiger partial charge in [-0.15, -0.1) is 0 Å². The second-order valence-corrected chi connectivity index (χ2v) is 3.01. The van der Waals surface area contributed by atoms with Gasteiger partial charge in [0.25, 0.3) is 0 Å². The van der Waals surface area contributed by atoms with Crippen LogP contribution in [0.2, 0.25) is 0 Å². The minimum Gasteiger partial charge on any atom is -0.0991 e. The normalized spacial score (nSPS) is 10.5. The van der Waals surface area contributed by atoms with Gasteiger partial charge in [-0.1, -0.05) is 58.4 Å². The molecule has 0 aromatic carbocycles. The zero-order valence-electron chi connectivity index (χ0n) is 8.65. The Morgan fingerprint density at radius 3 is 1.82 bits per heavy atom. The summed E-state index contributed by atoms with van der Waals surface area (Å²) in [6, 6.07) is 0. The lowest BCUT2D eigenvalue weighted by Gasteiger charge is -2.00. The van der Waals surface area contributed by atoms with Crippen LogP contribution in [0.4, 0.5) is 0 Å². The van der Waals surface area contributed by atoms with Crippen molar-refractivity contribution in [3.63, 3.8) is 0 Å². The molecule has 0 amide bonds. The molecule has 0 spiro atoms. The van der Waals surface area contributed by atoms with Crippen molar-refractivity contribution in [2.45, 2.75) is 41.0 Å². The summed E-state index contributed by atoms with van der Waals surface area (Å²) in [5, 5.41) is 0. The van der Waals surface area contributed by atoms with Crippen molar-refractivity contribution in [2.24, 2.45) is 5.92 Å². The molecule has 11 heavy (non-hydrogen) atoms. The molecule has 0 nitrogen and oxygen atoms in total. The van der Waals surface area contributed by atoms with Gasteiger partial charge in [0.2, 0.25) is 0 Å². The average molecular weight is 154 g/mol. The molecule has 0 heteroatoms. The van der Waals surface area contributed by atoms with E-state index in [2.05, 4.69) is 41.2 Å². The van der Waals surface area contributed by atoms with Gasteiger partial charge in [-0.25, -0.2) is 0 Å². The first-order valence-electron chi connectivity index (χ1n) is 4.39. The largest absolute Gasteiger partial charge is 0.0991 e. The Kier molecular flexibility index (Phi) is 11.3. The van der Waals surface area contributed by atoms with E-state index >= 15 is 0 Å². The van der Waals surface area contributed by atoms with Crippen LogP contribution >= 0.6 is 0 Å². The highest BCUT2D eigenvalue weighted by Crippen LogP contribution is 2.06. The van der Waals surface area contributed by atoms with Crippen LogP contribution in [0.15, 0.2) is 24.3 Å². The molecule has 0 aliphatic heterocycles. The first kappa shape index (κ1) is 13.1. The quantitative estimate of drug-likeness (QED) is 0.523. The summed E-state index contributed by atoms with van der Waals surface area (Å²) in [4.78, 5) is 0. The van der Waals surface area contributed by atoms with Crippen molar-refractivity contribution >= 4 is 0 Å². The third kappa shape index (κ3) is 12.6. The summed E-state index contributed by atoms with van der Waals surface area (Å²) in [6.45, 7) is 14.3. The van der Waals surface area contributed by atoms with Crippen LogP contribution < -0.4 is 0 Å². The molecule has 0 aliphatic rings. The molecule has 0 radical (unpaired) electrons. The minimum atomic E-state index is 0.660. The molecule has 0 saturated carbocycles. The predicted molar refractivity (Wildman–Crippen MR) is 54.8 cm³/mol. The van der Waals surface area contributed by atoms with E-state index in [9.17, 15) is 0 Å². The maximum Gasteiger partial charge on any atom is -0.0260 e. The maximum absolute atomic E-state index is 3.61. The van der Waals surface area contributed by atoms with Crippen LogP contribution in [-0.2, 0) is 0 Å². The van der Waals surface area contributed by atoms with Crippen molar-refractivity contribution in [1.82, 2.24) is 0 Å². The highest BCUT2D eigenvalue weighted by Gasteiger charge is 1.91. The zero-order chi connectivity index (χ0) is 9.28. The first-order valence-corrected chi connectivity index (χ1v) is 4.39. The topological polar surface area (TPSA) is 0 Å². The highest BCUT2D eigenvalue weighted by molar-refractivity contribution is 5.09.